The molecule has 1 heterocycles. The molecule has 8 nitrogen and oxygen atoms in total. The minimum atomic E-state index is -1.44. The number of carbonyl (C=O) groups is 3. The maximum atomic E-state index is 12.6. The Morgan fingerprint density at radius 3 is 2.62 bits per heavy atom. The summed E-state index contributed by atoms with van der Waals surface area (Å²) >= 11 is 6.07. The normalized spacial score (nSPS) is 16.7. The zero-order valence-electron chi connectivity index (χ0n) is 13.9. The quantitative estimate of drug-likeness (QED) is 0.522. The highest BCUT2D eigenvalue weighted by molar-refractivity contribution is 8.26. The van der Waals surface area contributed by atoms with Crippen molar-refractivity contribution in [1.29, 1.82) is 0 Å². The summed E-state index contributed by atoms with van der Waals surface area (Å²) in [5, 5.41) is 9.31. The summed E-state index contributed by atoms with van der Waals surface area (Å²) < 4.78 is 10.4. The first kappa shape index (κ1) is 19.7. The van der Waals surface area contributed by atoms with E-state index in [4.69, 9.17) is 27.4 Å². The van der Waals surface area contributed by atoms with Gasteiger partial charge in [-0.3, -0.25) is 14.5 Å². The highest BCUT2D eigenvalue weighted by Crippen LogP contribution is 2.36. The first-order valence-corrected chi connectivity index (χ1v) is 8.51. The number of carboxylic acids is 1. The molecule has 1 aromatic carbocycles. The van der Waals surface area contributed by atoms with Gasteiger partial charge in [-0.15, -0.1) is 0 Å². The number of nitrogens with zero attached hydrogens (tertiary/aromatic N) is 1. The van der Waals surface area contributed by atoms with Crippen molar-refractivity contribution in [2.24, 2.45) is 5.73 Å². The Kier molecular flexibility index (Phi) is 6.22. The van der Waals surface area contributed by atoms with Crippen molar-refractivity contribution in [3.63, 3.8) is 0 Å². The Labute approximate surface area is 158 Å². The molecule has 10 heteroatoms. The van der Waals surface area contributed by atoms with Gasteiger partial charge in [-0.05, 0) is 18.2 Å². The topological polar surface area (TPSA) is 119 Å². The SMILES string of the molecule is COc1ccc(/C=C2/SC(=S)N([C@@H](CC(N)=O)C(=O)O)C2=O)c(OC)c1. The van der Waals surface area contributed by atoms with Crippen molar-refractivity contribution >= 4 is 52.2 Å². The zero-order valence-corrected chi connectivity index (χ0v) is 15.6. The molecule has 1 atom stereocenters. The van der Waals surface area contributed by atoms with Gasteiger partial charge in [0.15, 0.2) is 0 Å². The van der Waals surface area contributed by atoms with Crippen LogP contribution in [0.3, 0.4) is 0 Å². The second-order valence-corrected chi connectivity index (χ2v) is 6.86. The van der Waals surface area contributed by atoms with Crippen LogP contribution in [-0.4, -0.2) is 52.4 Å². The number of aliphatic carboxylic acids is 1. The second kappa shape index (κ2) is 8.19. The van der Waals surface area contributed by atoms with Gasteiger partial charge in [-0.25, -0.2) is 4.79 Å². The lowest BCUT2D eigenvalue weighted by Crippen LogP contribution is -2.46. The monoisotopic (exact) mass is 396 g/mol. The molecule has 0 unspecified atom stereocenters. The molecule has 0 aromatic heterocycles. The summed E-state index contributed by atoms with van der Waals surface area (Å²) in [6.45, 7) is 0. The number of rotatable bonds is 7. The second-order valence-electron chi connectivity index (χ2n) is 5.18. The average Bonchev–Trinajstić information content (AvgIpc) is 2.86. The first-order valence-electron chi connectivity index (χ1n) is 7.28. The van der Waals surface area contributed by atoms with E-state index >= 15 is 0 Å². The molecule has 1 fully saturated rings. The van der Waals surface area contributed by atoms with Crippen LogP contribution in [0.5, 0.6) is 11.5 Å². The van der Waals surface area contributed by atoms with Gasteiger partial charge in [0.05, 0.1) is 25.5 Å². The van der Waals surface area contributed by atoms with E-state index in [0.717, 1.165) is 16.7 Å². The van der Waals surface area contributed by atoms with Crippen molar-refractivity contribution in [3.05, 3.63) is 28.7 Å². The fraction of sp³-hybridized carbons (Fsp3) is 0.250. The van der Waals surface area contributed by atoms with Crippen molar-refractivity contribution in [2.75, 3.05) is 14.2 Å². The lowest BCUT2D eigenvalue weighted by Gasteiger charge is -2.21. The van der Waals surface area contributed by atoms with Crippen LogP contribution >= 0.6 is 24.0 Å². The molecule has 1 aliphatic rings. The lowest BCUT2D eigenvalue weighted by molar-refractivity contribution is -0.146. The molecule has 1 saturated heterocycles. The first-order chi connectivity index (χ1) is 12.3. The van der Waals surface area contributed by atoms with E-state index in [0.29, 0.717) is 17.1 Å². The largest absolute Gasteiger partial charge is 0.497 e. The van der Waals surface area contributed by atoms with Crippen molar-refractivity contribution in [2.45, 2.75) is 12.5 Å². The summed E-state index contributed by atoms with van der Waals surface area (Å²) in [5.74, 6) is -1.75. The van der Waals surface area contributed by atoms with Crippen LogP contribution in [0.2, 0.25) is 0 Å². The molecule has 1 aliphatic heterocycles. The minimum Gasteiger partial charge on any atom is -0.497 e. The van der Waals surface area contributed by atoms with E-state index in [-0.39, 0.29) is 9.23 Å². The van der Waals surface area contributed by atoms with Crippen molar-refractivity contribution in [1.82, 2.24) is 4.90 Å². The number of ether oxygens (including phenoxy) is 2. The smallest absolute Gasteiger partial charge is 0.327 e. The standard InChI is InChI=1S/C16H16N2O6S2/c1-23-9-4-3-8(11(6-9)24-2)5-12-14(20)18(16(25)26-12)10(15(21)22)7-13(17)19/h3-6,10H,7H2,1-2H3,(H2,17,19)(H,21,22)/b12-5+/t10-/m0/s1. The Balaban J connectivity index is 2.37. The maximum Gasteiger partial charge on any atom is 0.327 e. The number of amides is 2. The van der Waals surface area contributed by atoms with Crippen LogP contribution in [0, 0.1) is 0 Å². The molecular weight excluding hydrogens is 380 g/mol. The number of primary amides is 1. The molecule has 0 radical (unpaired) electrons. The molecule has 0 spiro atoms. The lowest BCUT2D eigenvalue weighted by atomic mass is 10.1. The Hall–Kier alpha value is -2.59. The number of nitrogens with two attached hydrogens (primary N) is 1. The molecule has 2 rings (SSSR count). The van der Waals surface area contributed by atoms with E-state index < -0.39 is 30.2 Å². The van der Waals surface area contributed by atoms with Crippen LogP contribution in [0.4, 0.5) is 0 Å². The minimum absolute atomic E-state index is 0.0439. The van der Waals surface area contributed by atoms with Gasteiger partial charge in [0, 0.05) is 11.6 Å². The maximum absolute atomic E-state index is 12.6. The van der Waals surface area contributed by atoms with E-state index in [2.05, 4.69) is 0 Å². The van der Waals surface area contributed by atoms with Crippen LogP contribution < -0.4 is 15.2 Å². The van der Waals surface area contributed by atoms with Gasteiger partial charge >= 0.3 is 5.97 Å². The van der Waals surface area contributed by atoms with E-state index in [1.54, 1.807) is 24.3 Å². The van der Waals surface area contributed by atoms with Gasteiger partial charge in [0.1, 0.15) is 21.9 Å². The predicted molar refractivity (Wildman–Crippen MR) is 99.8 cm³/mol. The highest BCUT2D eigenvalue weighted by Gasteiger charge is 2.41. The molecule has 26 heavy (non-hydrogen) atoms. The number of benzene rings is 1. The Morgan fingerprint density at radius 2 is 2.08 bits per heavy atom. The fourth-order valence-corrected chi connectivity index (χ4v) is 3.65. The number of thioether (sulfide) groups is 1. The summed E-state index contributed by atoms with van der Waals surface area (Å²) in [4.78, 5) is 36.3. The van der Waals surface area contributed by atoms with Gasteiger partial charge < -0.3 is 20.3 Å². The highest BCUT2D eigenvalue weighted by atomic mass is 32.2. The van der Waals surface area contributed by atoms with Crippen molar-refractivity contribution in [3.8, 4) is 11.5 Å². The van der Waals surface area contributed by atoms with Crippen LogP contribution in [-0.2, 0) is 14.4 Å². The Bertz CT molecular complexity index is 808. The summed E-state index contributed by atoms with van der Waals surface area (Å²) in [6, 6.07) is 3.60. The number of carbonyl (C=O) groups excluding carboxylic acids is 2. The van der Waals surface area contributed by atoms with E-state index in [9.17, 15) is 19.5 Å². The van der Waals surface area contributed by atoms with E-state index in [1.165, 1.54) is 14.2 Å². The molecule has 0 bridgehead atoms. The Morgan fingerprint density at radius 1 is 1.38 bits per heavy atom. The third kappa shape index (κ3) is 4.14. The number of carboxylic acid groups (broad SMARTS) is 1. The number of hydrogen-bond donors (Lipinski definition) is 2. The fourth-order valence-electron chi connectivity index (χ4n) is 2.31. The third-order valence-electron chi connectivity index (χ3n) is 3.54. The van der Waals surface area contributed by atoms with Crippen molar-refractivity contribution < 1.29 is 29.0 Å². The number of thiocarbonyl (C=S) groups is 1. The van der Waals surface area contributed by atoms with Gasteiger partial charge in [-0.2, -0.15) is 0 Å². The van der Waals surface area contributed by atoms with Crippen LogP contribution in [0.1, 0.15) is 12.0 Å². The van der Waals surface area contributed by atoms with E-state index in [1.807, 2.05) is 0 Å². The molecule has 0 aliphatic carbocycles. The predicted octanol–water partition coefficient (Wildman–Crippen LogP) is 1.23. The molecule has 3 N–H and O–H groups in total. The van der Waals surface area contributed by atoms with Crippen LogP contribution in [0.25, 0.3) is 6.08 Å². The average molecular weight is 396 g/mol. The summed E-state index contributed by atoms with van der Waals surface area (Å²) in [6.07, 6.45) is 1.02. The molecule has 2 amide bonds. The van der Waals surface area contributed by atoms with Crippen LogP contribution in [0.15, 0.2) is 23.1 Å². The molecular formula is C16H16N2O6S2. The van der Waals surface area contributed by atoms with Gasteiger partial charge in [0.25, 0.3) is 5.91 Å². The molecule has 0 saturated carbocycles. The zero-order chi connectivity index (χ0) is 19.4. The number of methoxy groups -OCH3 is 2. The molecule has 1 aromatic rings. The number of hydrogen-bond acceptors (Lipinski definition) is 7. The molecule has 138 valence electrons. The summed E-state index contributed by atoms with van der Waals surface area (Å²) in [5.41, 5.74) is 5.67. The van der Waals surface area contributed by atoms with Gasteiger partial charge in [0.2, 0.25) is 5.91 Å². The summed E-state index contributed by atoms with van der Waals surface area (Å²) in [7, 11) is 3.00. The third-order valence-corrected chi connectivity index (χ3v) is 4.87. The van der Waals surface area contributed by atoms with Gasteiger partial charge in [-0.1, -0.05) is 24.0 Å².